The minimum Gasteiger partial charge on any atom is -0.480 e. The molecule has 14 heavy (non-hydrogen) atoms. The number of ether oxygens (including phenoxy) is 1. The lowest BCUT2D eigenvalue weighted by molar-refractivity contribution is 0.402. The highest BCUT2D eigenvalue weighted by Gasteiger charge is 2.23. The maximum Gasteiger partial charge on any atom is 0.225 e. The van der Waals surface area contributed by atoms with Gasteiger partial charge >= 0.3 is 0 Å². The van der Waals surface area contributed by atoms with Gasteiger partial charge < -0.3 is 4.74 Å². The fraction of sp³-hybridized carbons (Fsp3) is 0.700. The zero-order valence-electron chi connectivity index (χ0n) is 8.20. The van der Waals surface area contributed by atoms with Crippen LogP contribution in [0.4, 0.5) is 0 Å². The van der Waals surface area contributed by atoms with Crippen molar-refractivity contribution in [2.75, 3.05) is 7.11 Å². The number of rotatable bonds is 3. The van der Waals surface area contributed by atoms with Gasteiger partial charge in [-0.25, -0.2) is 0 Å². The zero-order valence-corrected chi connectivity index (χ0v) is 10.6. The molecule has 1 aliphatic carbocycles. The van der Waals surface area contributed by atoms with Crippen molar-refractivity contribution in [1.82, 2.24) is 4.37 Å². The monoisotopic (exact) mass is 275 g/mol. The first-order valence-corrected chi connectivity index (χ1v) is 6.60. The molecule has 1 aromatic heterocycles. The molecule has 0 bridgehead atoms. The Balaban J connectivity index is 1.90. The van der Waals surface area contributed by atoms with Gasteiger partial charge in [-0.15, -0.1) is 0 Å². The molecule has 2 nitrogen and oxygen atoms in total. The molecular weight excluding hydrogens is 262 g/mol. The van der Waals surface area contributed by atoms with Crippen molar-refractivity contribution in [2.45, 2.75) is 30.5 Å². The quantitative estimate of drug-likeness (QED) is 0.790. The Bertz CT molecular complexity index is 302. The van der Waals surface area contributed by atoms with Crippen molar-refractivity contribution >= 4 is 27.5 Å². The number of halogens is 1. The molecular formula is C10H14BrNOS. The van der Waals surface area contributed by atoms with Crippen molar-refractivity contribution in [3.8, 4) is 5.88 Å². The van der Waals surface area contributed by atoms with Crippen LogP contribution < -0.4 is 4.74 Å². The second-order valence-corrected chi connectivity index (χ2v) is 6.00. The molecule has 0 aliphatic heterocycles. The standard InChI is InChI=1S/C10H14BrNOS/c1-13-10-6-9(14-12-10)5-7-2-3-8(11)4-7/h6-8H,2-5H2,1H3. The molecule has 1 aromatic rings. The van der Waals surface area contributed by atoms with Crippen LogP contribution in [-0.2, 0) is 6.42 Å². The van der Waals surface area contributed by atoms with Gasteiger partial charge in [0, 0.05) is 15.8 Å². The normalized spacial score (nSPS) is 26.7. The van der Waals surface area contributed by atoms with Crippen LogP contribution in [0.1, 0.15) is 24.1 Å². The third kappa shape index (κ3) is 2.48. The summed E-state index contributed by atoms with van der Waals surface area (Å²) in [6.45, 7) is 0. The Kier molecular flexibility index (Phi) is 3.44. The number of hydrogen-bond donors (Lipinski definition) is 0. The van der Waals surface area contributed by atoms with Gasteiger partial charge in [0.2, 0.25) is 5.88 Å². The Morgan fingerprint density at radius 3 is 3.07 bits per heavy atom. The lowest BCUT2D eigenvalue weighted by Gasteiger charge is -2.05. The fourth-order valence-corrected chi connectivity index (χ4v) is 3.56. The van der Waals surface area contributed by atoms with Crippen LogP contribution >= 0.6 is 27.5 Å². The second-order valence-electron chi connectivity index (χ2n) is 3.82. The summed E-state index contributed by atoms with van der Waals surface area (Å²) in [7, 11) is 1.67. The van der Waals surface area contributed by atoms with Crippen molar-refractivity contribution < 1.29 is 4.74 Å². The third-order valence-electron chi connectivity index (χ3n) is 2.71. The molecule has 1 aliphatic rings. The number of alkyl halides is 1. The number of nitrogens with zero attached hydrogens (tertiary/aromatic N) is 1. The first-order chi connectivity index (χ1) is 6.78. The van der Waals surface area contributed by atoms with Gasteiger partial charge in [0.1, 0.15) is 0 Å². The van der Waals surface area contributed by atoms with E-state index in [9.17, 15) is 0 Å². The first-order valence-electron chi connectivity index (χ1n) is 4.91. The van der Waals surface area contributed by atoms with Crippen molar-refractivity contribution in [1.29, 1.82) is 0 Å². The topological polar surface area (TPSA) is 22.1 Å². The Morgan fingerprint density at radius 1 is 1.64 bits per heavy atom. The van der Waals surface area contributed by atoms with Crippen LogP contribution in [0, 0.1) is 5.92 Å². The highest BCUT2D eigenvalue weighted by atomic mass is 79.9. The summed E-state index contributed by atoms with van der Waals surface area (Å²) >= 11 is 5.25. The predicted octanol–water partition coefficient (Wildman–Crippen LogP) is 3.26. The van der Waals surface area contributed by atoms with E-state index in [-0.39, 0.29) is 0 Å². The van der Waals surface area contributed by atoms with E-state index < -0.39 is 0 Å². The van der Waals surface area contributed by atoms with E-state index in [1.165, 1.54) is 30.6 Å². The smallest absolute Gasteiger partial charge is 0.225 e. The Hall–Kier alpha value is -0.0900. The highest BCUT2D eigenvalue weighted by Crippen LogP contribution is 2.34. The minimum atomic E-state index is 0.738. The molecule has 1 fully saturated rings. The summed E-state index contributed by atoms with van der Waals surface area (Å²) in [4.78, 5) is 2.09. The van der Waals surface area contributed by atoms with Crippen molar-refractivity contribution in [2.24, 2.45) is 5.92 Å². The van der Waals surface area contributed by atoms with E-state index in [1.54, 1.807) is 18.6 Å². The van der Waals surface area contributed by atoms with Gasteiger partial charge in [0.25, 0.3) is 0 Å². The van der Waals surface area contributed by atoms with Gasteiger partial charge in [-0.05, 0) is 43.1 Å². The number of aromatic nitrogens is 1. The Labute approximate surface area is 97.0 Å². The molecule has 1 saturated carbocycles. The summed E-state index contributed by atoms with van der Waals surface area (Å²) in [6, 6.07) is 2.06. The number of hydrogen-bond acceptors (Lipinski definition) is 3. The van der Waals surface area contributed by atoms with E-state index in [0.717, 1.165) is 16.6 Å². The largest absolute Gasteiger partial charge is 0.480 e. The molecule has 0 aromatic carbocycles. The zero-order chi connectivity index (χ0) is 9.97. The van der Waals surface area contributed by atoms with Crippen LogP contribution in [0.25, 0.3) is 0 Å². The maximum atomic E-state index is 5.07. The molecule has 2 rings (SSSR count). The lowest BCUT2D eigenvalue weighted by atomic mass is 10.0. The summed E-state index contributed by atoms with van der Waals surface area (Å²) in [5, 5.41) is 0. The van der Waals surface area contributed by atoms with Crippen LogP contribution in [0.2, 0.25) is 0 Å². The molecule has 1 heterocycles. The predicted molar refractivity (Wildman–Crippen MR) is 62.4 cm³/mol. The van der Waals surface area contributed by atoms with E-state index in [0.29, 0.717) is 0 Å². The summed E-state index contributed by atoms with van der Waals surface area (Å²) in [5.41, 5.74) is 0. The van der Waals surface area contributed by atoms with E-state index >= 15 is 0 Å². The molecule has 78 valence electrons. The van der Waals surface area contributed by atoms with Gasteiger partial charge in [-0.1, -0.05) is 15.9 Å². The van der Waals surface area contributed by atoms with E-state index in [4.69, 9.17) is 4.74 Å². The molecule has 0 amide bonds. The molecule has 0 spiro atoms. The van der Waals surface area contributed by atoms with Crippen molar-refractivity contribution in [3.63, 3.8) is 0 Å². The van der Waals surface area contributed by atoms with Gasteiger partial charge in [-0.2, -0.15) is 4.37 Å². The third-order valence-corrected chi connectivity index (χ3v) is 4.34. The average molecular weight is 276 g/mol. The molecule has 0 radical (unpaired) electrons. The molecule has 4 heteroatoms. The average Bonchev–Trinajstić information content (AvgIpc) is 2.76. The summed E-state index contributed by atoms with van der Waals surface area (Å²) < 4.78 is 9.27. The Morgan fingerprint density at radius 2 is 2.50 bits per heavy atom. The molecule has 0 N–H and O–H groups in total. The van der Waals surface area contributed by atoms with E-state index in [2.05, 4.69) is 26.4 Å². The van der Waals surface area contributed by atoms with Gasteiger partial charge in [0.05, 0.1) is 7.11 Å². The van der Waals surface area contributed by atoms with Crippen LogP contribution in [0.3, 0.4) is 0 Å². The van der Waals surface area contributed by atoms with Crippen LogP contribution in [-0.4, -0.2) is 16.3 Å². The first kappa shape index (κ1) is 10.4. The van der Waals surface area contributed by atoms with Gasteiger partial charge in [-0.3, -0.25) is 0 Å². The van der Waals surface area contributed by atoms with Crippen LogP contribution in [0.5, 0.6) is 5.88 Å². The second kappa shape index (κ2) is 4.62. The van der Waals surface area contributed by atoms with Gasteiger partial charge in [0.15, 0.2) is 0 Å². The number of methoxy groups -OCH3 is 1. The fourth-order valence-electron chi connectivity index (χ4n) is 1.97. The molecule has 0 saturated heterocycles. The summed E-state index contributed by atoms with van der Waals surface area (Å²) in [5.74, 6) is 1.60. The molecule has 2 unspecified atom stereocenters. The summed E-state index contributed by atoms with van der Waals surface area (Å²) in [6.07, 6.45) is 5.14. The SMILES string of the molecule is COc1cc(CC2CCC(Br)C2)sn1. The van der Waals surface area contributed by atoms with Crippen molar-refractivity contribution in [3.05, 3.63) is 10.9 Å². The highest BCUT2D eigenvalue weighted by molar-refractivity contribution is 9.09. The van der Waals surface area contributed by atoms with E-state index in [1.807, 2.05) is 0 Å². The maximum absolute atomic E-state index is 5.07. The lowest BCUT2D eigenvalue weighted by Crippen LogP contribution is -1.98. The minimum absolute atomic E-state index is 0.738. The molecule has 2 atom stereocenters. The van der Waals surface area contributed by atoms with Crippen LogP contribution in [0.15, 0.2) is 6.07 Å².